The molecule has 0 saturated heterocycles. The van der Waals surface area contributed by atoms with Crippen LogP contribution in [0.3, 0.4) is 0 Å². The molecule has 0 aliphatic rings. The van der Waals surface area contributed by atoms with Crippen molar-refractivity contribution in [3.05, 3.63) is 65.0 Å². The highest BCUT2D eigenvalue weighted by Gasteiger charge is 2.18. The second kappa shape index (κ2) is 9.13. The number of amides is 1. The zero-order valence-corrected chi connectivity index (χ0v) is 18.2. The van der Waals surface area contributed by atoms with Gasteiger partial charge in [-0.2, -0.15) is 0 Å². The van der Waals surface area contributed by atoms with Gasteiger partial charge in [-0.05, 0) is 62.6 Å². The minimum Gasteiger partial charge on any atom is -0.482 e. The third-order valence-electron chi connectivity index (χ3n) is 4.47. The predicted molar refractivity (Wildman–Crippen MR) is 116 cm³/mol. The molecule has 1 heterocycles. The highest BCUT2D eigenvalue weighted by molar-refractivity contribution is 7.99. The van der Waals surface area contributed by atoms with E-state index in [4.69, 9.17) is 4.74 Å². The largest absolute Gasteiger partial charge is 0.482 e. The van der Waals surface area contributed by atoms with E-state index in [1.807, 2.05) is 75.7 Å². The number of nitrogens with one attached hydrogen (secondary N) is 1. The molecule has 1 amide bonds. The van der Waals surface area contributed by atoms with Crippen LogP contribution in [0.1, 0.15) is 35.5 Å². The second-order valence-electron chi connectivity index (χ2n) is 7.14. The maximum absolute atomic E-state index is 12.3. The fraction of sp³-hybridized carbons (Fsp3) is 0.318. The summed E-state index contributed by atoms with van der Waals surface area (Å²) in [5, 5.41) is 12.1. The molecule has 0 radical (unpaired) electrons. The average Bonchev–Trinajstić information content (AvgIpc) is 3.01. The van der Waals surface area contributed by atoms with Gasteiger partial charge in [0, 0.05) is 12.7 Å². The van der Waals surface area contributed by atoms with E-state index < -0.39 is 0 Å². The number of carbonyl (C=O) groups excluding carboxylic acids is 1. The van der Waals surface area contributed by atoms with Crippen LogP contribution in [0, 0.1) is 20.8 Å². The second-order valence-corrected chi connectivity index (χ2v) is 8.08. The van der Waals surface area contributed by atoms with Gasteiger partial charge in [-0.15, -0.1) is 10.2 Å². The fourth-order valence-corrected chi connectivity index (χ4v) is 3.83. The Morgan fingerprint density at radius 3 is 2.52 bits per heavy atom. The van der Waals surface area contributed by atoms with Crippen LogP contribution < -0.4 is 10.1 Å². The first-order valence-corrected chi connectivity index (χ1v) is 10.4. The number of hydrogen-bond donors (Lipinski definition) is 1. The molecule has 1 unspecified atom stereocenters. The van der Waals surface area contributed by atoms with Crippen LogP contribution in [0.15, 0.2) is 47.6 Å². The van der Waals surface area contributed by atoms with E-state index in [0.29, 0.717) is 11.0 Å². The van der Waals surface area contributed by atoms with Gasteiger partial charge in [-0.3, -0.25) is 4.79 Å². The van der Waals surface area contributed by atoms with Crippen LogP contribution >= 0.6 is 11.8 Å². The molecule has 1 aromatic heterocycles. The summed E-state index contributed by atoms with van der Waals surface area (Å²) >= 11 is 1.35. The van der Waals surface area contributed by atoms with Crippen molar-refractivity contribution in [2.24, 2.45) is 7.05 Å². The zero-order valence-electron chi connectivity index (χ0n) is 17.4. The number of carbonyl (C=O) groups is 1. The highest BCUT2D eigenvalue weighted by Crippen LogP contribution is 2.25. The molecule has 0 spiro atoms. The zero-order chi connectivity index (χ0) is 21.0. The van der Waals surface area contributed by atoms with Crippen molar-refractivity contribution >= 4 is 23.4 Å². The molecule has 3 rings (SSSR count). The molecule has 1 N–H and O–H groups in total. The molecule has 6 nitrogen and oxygen atoms in total. The Labute approximate surface area is 175 Å². The number of nitrogens with zero attached hydrogens (tertiary/aromatic N) is 3. The van der Waals surface area contributed by atoms with Gasteiger partial charge < -0.3 is 14.6 Å². The molecule has 0 saturated carbocycles. The predicted octanol–water partition coefficient (Wildman–Crippen LogP) is 4.61. The van der Waals surface area contributed by atoms with Crippen molar-refractivity contribution in [1.82, 2.24) is 14.8 Å². The molecule has 0 aliphatic carbocycles. The summed E-state index contributed by atoms with van der Waals surface area (Å²) < 4.78 is 7.91. The van der Waals surface area contributed by atoms with E-state index in [1.54, 1.807) is 0 Å². The average molecular weight is 411 g/mol. The van der Waals surface area contributed by atoms with Gasteiger partial charge in [-0.25, -0.2) is 0 Å². The summed E-state index contributed by atoms with van der Waals surface area (Å²) in [6.07, 6.45) is -0.257. The van der Waals surface area contributed by atoms with Crippen LogP contribution in [-0.2, 0) is 11.8 Å². The number of anilines is 1. The summed E-state index contributed by atoms with van der Waals surface area (Å²) in [5.41, 5.74) is 4.12. The van der Waals surface area contributed by atoms with Crippen LogP contribution in [-0.4, -0.2) is 26.4 Å². The summed E-state index contributed by atoms with van der Waals surface area (Å²) in [6, 6.07) is 13.9. The van der Waals surface area contributed by atoms with Gasteiger partial charge >= 0.3 is 0 Å². The lowest BCUT2D eigenvalue weighted by atomic mass is 10.1. The third kappa shape index (κ3) is 5.38. The van der Waals surface area contributed by atoms with E-state index in [1.165, 1.54) is 11.8 Å². The molecule has 0 fully saturated rings. The maximum atomic E-state index is 12.3. The third-order valence-corrected chi connectivity index (χ3v) is 5.49. The van der Waals surface area contributed by atoms with Crippen LogP contribution in [0.2, 0.25) is 0 Å². The monoisotopic (exact) mass is 410 g/mol. The molecule has 3 aromatic rings. The Morgan fingerprint density at radius 1 is 1.14 bits per heavy atom. The number of aryl methyl sites for hydroxylation is 3. The number of rotatable bonds is 7. The van der Waals surface area contributed by atoms with Crippen LogP contribution in [0.4, 0.5) is 5.69 Å². The van der Waals surface area contributed by atoms with Crippen molar-refractivity contribution in [1.29, 1.82) is 0 Å². The highest BCUT2D eigenvalue weighted by atomic mass is 32.2. The molecule has 1 atom stereocenters. The first-order chi connectivity index (χ1) is 13.8. The van der Waals surface area contributed by atoms with E-state index in [0.717, 1.165) is 28.1 Å². The van der Waals surface area contributed by atoms with Gasteiger partial charge in [-0.1, -0.05) is 36.0 Å². The van der Waals surface area contributed by atoms with E-state index >= 15 is 0 Å². The summed E-state index contributed by atoms with van der Waals surface area (Å²) in [7, 11) is 1.89. The molecule has 152 valence electrons. The SMILES string of the molecule is Cc1cc(C)cc(NC(=O)CSc2nnc(C(C)Oc3ccccc3C)n2C)c1. The van der Waals surface area contributed by atoms with Crippen molar-refractivity contribution in [2.45, 2.75) is 39.0 Å². The molecular formula is C22H26N4O2S. The Hall–Kier alpha value is -2.80. The van der Waals surface area contributed by atoms with Crippen LogP contribution in [0.5, 0.6) is 5.75 Å². The van der Waals surface area contributed by atoms with Crippen molar-refractivity contribution in [3.8, 4) is 5.75 Å². The molecule has 0 bridgehead atoms. The molecule has 0 aliphatic heterocycles. The first kappa shape index (κ1) is 20.9. The number of aromatic nitrogens is 3. The van der Waals surface area contributed by atoms with Crippen LogP contribution in [0.25, 0.3) is 0 Å². The molecule has 7 heteroatoms. The maximum Gasteiger partial charge on any atom is 0.234 e. The standard InChI is InChI=1S/C22H26N4O2S/c1-14-10-15(2)12-18(11-14)23-20(27)13-29-22-25-24-21(26(22)5)17(4)28-19-9-7-6-8-16(19)3/h6-12,17H,13H2,1-5H3,(H,23,27). The van der Waals surface area contributed by atoms with Gasteiger partial charge in [0.25, 0.3) is 0 Å². The summed E-state index contributed by atoms with van der Waals surface area (Å²) in [5.74, 6) is 1.72. The lowest BCUT2D eigenvalue weighted by Gasteiger charge is -2.15. The lowest BCUT2D eigenvalue weighted by molar-refractivity contribution is -0.113. The number of benzene rings is 2. The molecule has 29 heavy (non-hydrogen) atoms. The quantitative estimate of drug-likeness (QED) is 0.576. The van der Waals surface area contributed by atoms with Gasteiger partial charge in [0.15, 0.2) is 17.1 Å². The number of hydrogen-bond acceptors (Lipinski definition) is 5. The van der Waals surface area contributed by atoms with Crippen molar-refractivity contribution < 1.29 is 9.53 Å². The normalized spacial score (nSPS) is 11.9. The molecular weight excluding hydrogens is 384 g/mol. The smallest absolute Gasteiger partial charge is 0.234 e. The van der Waals surface area contributed by atoms with E-state index in [-0.39, 0.29) is 17.8 Å². The van der Waals surface area contributed by atoms with Crippen molar-refractivity contribution in [2.75, 3.05) is 11.1 Å². The Balaban J connectivity index is 1.60. The van der Waals surface area contributed by atoms with Gasteiger partial charge in [0.05, 0.1) is 5.75 Å². The minimum atomic E-state index is -0.257. The van der Waals surface area contributed by atoms with E-state index in [9.17, 15) is 4.79 Å². The first-order valence-electron chi connectivity index (χ1n) is 9.46. The van der Waals surface area contributed by atoms with Gasteiger partial charge in [0.1, 0.15) is 5.75 Å². The summed E-state index contributed by atoms with van der Waals surface area (Å²) in [4.78, 5) is 12.3. The Bertz CT molecular complexity index is 996. The molecule has 2 aromatic carbocycles. The lowest BCUT2D eigenvalue weighted by Crippen LogP contribution is -2.15. The fourth-order valence-electron chi connectivity index (χ4n) is 3.11. The van der Waals surface area contributed by atoms with Crippen molar-refractivity contribution in [3.63, 3.8) is 0 Å². The minimum absolute atomic E-state index is 0.0752. The summed E-state index contributed by atoms with van der Waals surface area (Å²) in [6.45, 7) is 7.98. The number of para-hydroxylation sites is 1. The topological polar surface area (TPSA) is 69.0 Å². The number of ether oxygens (including phenoxy) is 1. The Kier molecular flexibility index (Phi) is 6.59. The van der Waals surface area contributed by atoms with Gasteiger partial charge in [0.2, 0.25) is 5.91 Å². The Morgan fingerprint density at radius 2 is 1.83 bits per heavy atom. The number of thioether (sulfide) groups is 1. The van der Waals surface area contributed by atoms with E-state index in [2.05, 4.69) is 21.6 Å².